The third-order valence-electron chi connectivity index (χ3n) is 1.23. The van der Waals surface area contributed by atoms with Gasteiger partial charge in [0.2, 0.25) is 0 Å². The van der Waals surface area contributed by atoms with Gasteiger partial charge in [-0.2, -0.15) is 0 Å². The Kier molecular flexibility index (Phi) is 3.31. The van der Waals surface area contributed by atoms with Crippen LogP contribution in [0.4, 0.5) is 0 Å². The molecular weight excluding hydrogens is 176 g/mol. The molecule has 0 N–H and O–H groups in total. The fourth-order valence-corrected chi connectivity index (χ4v) is 1.23. The van der Waals surface area contributed by atoms with Gasteiger partial charge in [-0.1, -0.05) is 0 Å². The number of hydrogen-bond donors (Lipinski definition) is 0. The van der Waals surface area contributed by atoms with Gasteiger partial charge in [-0.05, 0) is 6.92 Å². The van der Waals surface area contributed by atoms with Crippen LogP contribution < -0.4 is 0 Å². The van der Waals surface area contributed by atoms with Crippen LogP contribution in [0.3, 0.4) is 0 Å². The highest BCUT2D eigenvalue weighted by Crippen LogP contribution is 2.00. The largest absolute Gasteiger partial charge is 0.297 e. The minimum atomic E-state index is -3.25. The second kappa shape index (κ2) is 3.34. The second-order valence-electron chi connectivity index (χ2n) is 2.07. The highest BCUT2D eigenvalue weighted by Gasteiger charge is 2.21. The van der Waals surface area contributed by atoms with Gasteiger partial charge in [-0.3, -0.25) is 4.79 Å². The first kappa shape index (κ1) is 9.91. The van der Waals surface area contributed by atoms with Crippen molar-refractivity contribution in [3.63, 3.8) is 0 Å². The van der Waals surface area contributed by atoms with Gasteiger partial charge in [0.1, 0.15) is 5.25 Å². The molecule has 0 saturated carbocycles. The van der Waals surface area contributed by atoms with Crippen molar-refractivity contribution in [1.29, 1.82) is 0 Å². The first-order valence-corrected chi connectivity index (χ1v) is 5.16. The van der Waals surface area contributed by atoms with Crippen LogP contribution in [0.5, 0.6) is 0 Å². The van der Waals surface area contributed by atoms with Gasteiger partial charge in [0, 0.05) is 6.26 Å². The molecule has 0 amide bonds. The van der Waals surface area contributed by atoms with Gasteiger partial charge in [0.05, 0.1) is 5.88 Å². The predicted octanol–water partition coefficient (Wildman–Crippen LogP) is 0.227. The number of Topliss-reactive ketones (excluding diaryl/α,β-unsaturated/α-hetero) is 1. The molecule has 0 aliphatic carbocycles. The number of carbonyl (C=O) groups excluding carboxylic acids is 1. The Morgan fingerprint density at radius 3 is 2.10 bits per heavy atom. The number of sulfone groups is 1. The molecule has 0 heterocycles. The van der Waals surface area contributed by atoms with E-state index in [1.54, 1.807) is 0 Å². The minimum absolute atomic E-state index is 0.242. The van der Waals surface area contributed by atoms with Gasteiger partial charge in [-0.25, -0.2) is 8.42 Å². The summed E-state index contributed by atoms with van der Waals surface area (Å²) < 4.78 is 21.3. The first-order chi connectivity index (χ1) is 4.39. The topological polar surface area (TPSA) is 51.2 Å². The standard InChI is InChI=1S/C5H9ClO3S/c1-4(5(7)3-6)10(2,8)9/h4H,3H2,1-2H3. The fraction of sp³-hybridized carbons (Fsp3) is 0.800. The quantitative estimate of drug-likeness (QED) is 0.590. The maximum atomic E-state index is 10.7. The molecule has 1 atom stereocenters. The summed E-state index contributed by atoms with van der Waals surface area (Å²) >= 11 is 5.14. The zero-order chi connectivity index (χ0) is 8.36. The molecule has 3 nitrogen and oxygen atoms in total. The summed E-state index contributed by atoms with van der Waals surface area (Å²) in [6.45, 7) is 1.33. The summed E-state index contributed by atoms with van der Waals surface area (Å²) in [4.78, 5) is 10.6. The third-order valence-corrected chi connectivity index (χ3v) is 3.04. The summed E-state index contributed by atoms with van der Waals surface area (Å²) in [5.41, 5.74) is 0. The molecule has 0 aliphatic heterocycles. The lowest BCUT2D eigenvalue weighted by atomic mass is 10.3. The number of alkyl halides is 1. The van der Waals surface area contributed by atoms with Crippen molar-refractivity contribution < 1.29 is 13.2 Å². The number of rotatable bonds is 3. The Balaban J connectivity index is 4.39. The van der Waals surface area contributed by atoms with Crippen molar-refractivity contribution in [1.82, 2.24) is 0 Å². The third kappa shape index (κ3) is 2.66. The fourth-order valence-electron chi connectivity index (χ4n) is 0.347. The molecule has 0 aromatic rings. The highest BCUT2D eigenvalue weighted by molar-refractivity contribution is 7.92. The molecule has 0 rings (SSSR count). The van der Waals surface area contributed by atoms with E-state index in [4.69, 9.17) is 11.6 Å². The van der Waals surface area contributed by atoms with Crippen LogP contribution in [0.1, 0.15) is 6.92 Å². The molecule has 0 saturated heterocycles. The van der Waals surface area contributed by atoms with Crippen molar-refractivity contribution in [3.8, 4) is 0 Å². The Morgan fingerprint density at radius 1 is 1.60 bits per heavy atom. The molecule has 5 heteroatoms. The normalized spacial score (nSPS) is 14.7. The van der Waals surface area contributed by atoms with Crippen LogP contribution in [0, 0.1) is 0 Å². The first-order valence-electron chi connectivity index (χ1n) is 2.67. The summed E-state index contributed by atoms with van der Waals surface area (Å²) in [6, 6.07) is 0. The van der Waals surface area contributed by atoms with Crippen molar-refractivity contribution in [2.75, 3.05) is 12.1 Å². The number of halogens is 1. The Bertz CT molecular complexity index is 219. The van der Waals surface area contributed by atoms with Gasteiger partial charge < -0.3 is 0 Å². The van der Waals surface area contributed by atoms with E-state index in [2.05, 4.69) is 0 Å². The molecule has 10 heavy (non-hydrogen) atoms. The van der Waals surface area contributed by atoms with Gasteiger partial charge in [-0.15, -0.1) is 11.6 Å². The average molecular weight is 185 g/mol. The maximum absolute atomic E-state index is 10.7. The Morgan fingerprint density at radius 2 is 2.00 bits per heavy atom. The Hall–Kier alpha value is -0.0900. The van der Waals surface area contributed by atoms with Crippen LogP contribution in [0.25, 0.3) is 0 Å². The average Bonchev–Trinajstić information content (AvgIpc) is 1.83. The lowest BCUT2D eigenvalue weighted by Crippen LogP contribution is -2.26. The molecule has 0 fully saturated rings. The molecule has 0 spiro atoms. The predicted molar refractivity (Wildman–Crippen MR) is 40.0 cm³/mol. The van der Waals surface area contributed by atoms with E-state index in [9.17, 15) is 13.2 Å². The van der Waals surface area contributed by atoms with Crippen LogP contribution in [0.2, 0.25) is 0 Å². The van der Waals surface area contributed by atoms with Crippen LogP contribution in [-0.4, -0.2) is 31.6 Å². The Labute approximate surface area is 65.3 Å². The van der Waals surface area contributed by atoms with E-state index in [0.29, 0.717) is 0 Å². The lowest BCUT2D eigenvalue weighted by molar-refractivity contribution is -0.116. The van der Waals surface area contributed by atoms with Gasteiger partial charge in [0.15, 0.2) is 15.6 Å². The summed E-state index contributed by atoms with van der Waals surface area (Å²) in [5, 5.41) is -0.968. The second-order valence-corrected chi connectivity index (χ2v) is 4.71. The number of carbonyl (C=O) groups is 1. The van der Waals surface area contributed by atoms with Crippen LogP contribution in [0.15, 0.2) is 0 Å². The van der Waals surface area contributed by atoms with E-state index >= 15 is 0 Å². The van der Waals surface area contributed by atoms with E-state index in [1.807, 2.05) is 0 Å². The van der Waals surface area contributed by atoms with Crippen molar-refractivity contribution >= 4 is 27.2 Å². The lowest BCUT2D eigenvalue weighted by Gasteiger charge is -2.03. The molecule has 0 bridgehead atoms. The molecule has 0 aliphatic rings. The van der Waals surface area contributed by atoms with E-state index in [1.165, 1.54) is 6.92 Å². The number of hydrogen-bond acceptors (Lipinski definition) is 3. The minimum Gasteiger partial charge on any atom is -0.297 e. The van der Waals surface area contributed by atoms with Crippen molar-refractivity contribution in [2.45, 2.75) is 12.2 Å². The van der Waals surface area contributed by atoms with Crippen molar-refractivity contribution in [3.05, 3.63) is 0 Å². The van der Waals surface area contributed by atoms with Crippen LogP contribution >= 0.6 is 11.6 Å². The zero-order valence-corrected chi connectivity index (χ0v) is 7.37. The van der Waals surface area contributed by atoms with Gasteiger partial charge >= 0.3 is 0 Å². The summed E-state index contributed by atoms with van der Waals surface area (Å²) in [5.74, 6) is -0.696. The van der Waals surface area contributed by atoms with E-state index < -0.39 is 20.9 Å². The monoisotopic (exact) mass is 184 g/mol. The summed E-state index contributed by atoms with van der Waals surface area (Å²) in [6.07, 6.45) is 1.02. The molecular formula is C5H9ClO3S. The van der Waals surface area contributed by atoms with Gasteiger partial charge in [0.25, 0.3) is 0 Å². The smallest absolute Gasteiger partial charge is 0.165 e. The van der Waals surface area contributed by atoms with Crippen LogP contribution in [-0.2, 0) is 14.6 Å². The summed E-state index contributed by atoms with van der Waals surface area (Å²) in [7, 11) is -3.25. The molecule has 1 unspecified atom stereocenters. The molecule has 60 valence electrons. The van der Waals surface area contributed by atoms with E-state index in [-0.39, 0.29) is 5.88 Å². The zero-order valence-electron chi connectivity index (χ0n) is 5.80. The van der Waals surface area contributed by atoms with E-state index in [0.717, 1.165) is 6.26 Å². The SMILES string of the molecule is CC(C(=O)CCl)S(C)(=O)=O. The molecule has 0 aromatic heterocycles. The maximum Gasteiger partial charge on any atom is 0.165 e. The molecule has 0 radical (unpaired) electrons. The van der Waals surface area contributed by atoms with Crippen molar-refractivity contribution in [2.24, 2.45) is 0 Å². The molecule has 0 aromatic carbocycles. The highest BCUT2D eigenvalue weighted by atomic mass is 35.5. The number of ketones is 1.